The Labute approximate surface area is 154 Å². The number of nitrogens with one attached hydrogen (secondary N) is 1. The van der Waals surface area contributed by atoms with E-state index in [1.165, 1.54) is 9.21 Å². The highest BCUT2D eigenvalue weighted by Crippen LogP contribution is 2.09. The van der Waals surface area contributed by atoms with Crippen LogP contribution in [0.5, 0.6) is 0 Å². The average molecular weight is 383 g/mol. The minimum atomic E-state index is -3.47. The van der Waals surface area contributed by atoms with Gasteiger partial charge < -0.3 is 15.0 Å². The molecule has 0 unspecified atom stereocenters. The summed E-state index contributed by atoms with van der Waals surface area (Å²) in [5.74, 6) is -0.369. The van der Waals surface area contributed by atoms with Gasteiger partial charge in [0.2, 0.25) is 15.9 Å². The van der Waals surface area contributed by atoms with Gasteiger partial charge in [0.25, 0.3) is 0 Å². The van der Waals surface area contributed by atoms with Crippen LogP contribution in [0.1, 0.15) is 12.5 Å². The number of carbonyl (C=O) groups is 2. The molecule has 1 N–H and O–H groups in total. The van der Waals surface area contributed by atoms with Gasteiger partial charge in [-0.1, -0.05) is 30.3 Å². The second-order valence-electron chi connectivity index (χ2n) is 5.91. The molecule has 26 heavy (non-hydrogen) atoms. The number of piperazine rings is 1. The van der Waals surface area contributed by atoms with E-state index in [4.69, 9.17) is 4.74 Å². The highest BCUT2D eigenvalue weighted by atomic mass is 32.2. The lowest BCUT2D eigenvalue weighted by Gasteiger charge is -2.33. The predicted octanol–water partition coefficient (Wildman–Crippen LogP) is 0.449. The van der Waals surface area contributed by atoms with E-state index in [1.807, 2.05) is 30.3 Å². The van der Waals surface area contributed by atoms with Crippen LogP contribution in [0.4, 0.5) is 4.79 Å². The van der Waals surface area contributed by atoms with E-state index in [-0.39, 0.29) is 37.7 Å². The van der Waals surface area contributed by atoms with Crippen LogP contribution in [0.3, 0.4) is 0 Å². The number of sulfonamides is 1. The number of carbonyl (C=O) groups excluding carboxylic acids is 2. The highest BCUT2D eigenvalue weighted by Gasteiger charge is 2.29. The fraction of sp³-hybridized carbons (Fsp3) is 0.529. The number of rotatable bonds is 7. The van der Waals surface area contributed by atoms with Gasteiger partial charge >= 0.3 is 6.09 Å². The zero-order valence-corrected chi connectivity index (χ0v) is 15.7. The van der Waals surface area contributed by atoms with Crippen LogP contribution < -0.4 is 5.32 Å². The Morgan fingerprint density at radius 1 is 1.12 bits per heavy atom. The molecule has 0 radical (unpaired) electrons. The van der Waals surface area contributed by atoms with Crippen molar-refractivity contribution in [3.05, 3.63) is 35.9 Å². The monoisotopic (exact) mass is 383 g/mol. The van der Waals surface area contributed by atoms with Gasteiger partial charge in [-0.05, 0) is 12.5 Å². The van der Waals surface area contributed by atoms with Crippen molar-refractivity contribution in [3.63, 3.8) is 0 Å². The molecule has 1 aliphatic heterocycles. The van der Waals surface area contributed by atoms with Crippen LogP contribution in [0.2, 0.25) is 0 Å². The molecule has 0 atom stereocenters. The number of hydrogen-bond donors (Lipinski definition) is 1. The number of ether oxygens (including phenoxy) is 1. The van der Waals surface area contributed by atoms with Gasteiger partial charge in [0.15, 0.2) is 0 Å². The van der Waals surface area contributed by atoms with Crippen molar-refractivity contribution in [1.82, 2.24) is 14.5 Å². The Kier molecular flexibility index (Phi) is 7.40. The Morgan fingerprint density at radius 3 is 2.38 bits per heavy atom. The number of nitrogens with zero attached hydrogens (tertiary/aromatic N) is 2. The first-order valence-corrected chi connectivity index (χ1v) is 10.2. The molecule has 0 spiro atoms. The van der Waals surface area contributed by atoms with Crippen LogP contribution in [0.25, 0.3) is 0 Å². The zero-order valence-electron chi connectivity index (χ0n) is 14.9. The second-order valence-corrected chi connectivity index (χ2v) is 8.00. The quantitative estimate of drug-likeness (QED) is 0.737. The minimum absolute atomic E-state index is 0.0616. The van der Waals surface area contributed by atoms with Crippen LogP contribution in [0.15, 0.2) is 30.3 Å². The third-order valence-electron chi connectivity index (χ3n) is 4.05. The van der Waals surface area contributed by atoms with Gasteiger partial charge in [-0.3, -0.25) is 4.79 Å². The summed E-state index contributed by atoms with van der Waals surface area (Å²) < 4.78 is 31.0. The van der Waals surface area contributed by atoms with Crippen molar-refractivity contribution in [2.45, 2.75) is 13.3 Å². The van der Waals surface area contributed by atoms with Crippen LogP contribution in [-0.4, -0.2) is 74.7 Å². The first kappa shape index (κ1) is 20.2. The molecular formula is C17H25N3O5S. The summed E-state index contributed by atoms with van der Waals surface area (Å²) in [5.41, 5.74) is 0.878. The second kappa shape index (κ2) is 9.54. The lowest BCUT2D eigenvalue weighted by Crippen LogP contribution is -2.51. The molecule has 0 aromatic heterocycles. The summed E-state index contributed by atoms with van der Waals surface area (Å²) in [4.78, 5) is 25.0. The Bertz CT molecular complexity index is 700. The van der Waals surface area contributed by atoms with E-state index in [0.717, 1.165) is 5.56 Å². The fourth-order valence-corrected chi connectivity index (χ4v) is 3.99. The molecule has 1 heterocycles. The maximum absolute atomic E-state index is 12.4. The van der Waals surface area contributed by atoms with E-state index < -0.39 is 16.1 Å². The maximum atomic E-state index is 12.4. The minimum Gasteiger partial charge on any atom is -0.450 e. The third-order valence-corrected chi connectivity index (χ3v) is 5.92. The average Bonchev–Trinajstić information content (AvgIpc) is 2.62. The van der Waals surface area contributed by atoms with Gasteiger partial charge in [0.05, 0.1) is 18.8 Å². The topological polar surface area (TPSA) is 96.0 Å². The van der Waals surface area contributed by atoms with E-state index in [0.29, 0.717) is 19.7 Å². The molecule has 8 nitrogen and oxygen atoms in total. The van der Waals surface area contributed by atoms with E-state index in [9.17, 15) is 18.0 Å². The molecule has 0 bridgehead atoms. The molecule has 2 amide bonds. The van der Waals surface area contributed by atoms with E-state index in [1.54, 1.807) is 6.92 Å². The first-order chi connectivity index (χ1) is 12.4. The summed E-state index contributed by atoms with van der Waals surface area (Å²) in [6.45, 7) is 3.16. The summed E-state index contributed by atoms with van der Waals surface area (Å²) >= 11 is 0. The molecule has 1 aromatic rings. The third kappa shape index (κ3) is 5.99. The molecule has 1 aromatic carbocycles. The van der Waals surface area contributed by atoms with Crippen molar-refractivity contribution in [2.24, 2.45) is 0 Å². The lowest BCUT2D eigenvalue weighted by molar-refractivity contribution is -0.120. The van der Waals surface area contributed by atoms with Crippen molar-refractivity contribution >= 4 is 22.0 Å². The zero-order chi connectivity index (χ0) is 19.0. The molecule has 0 saturated carbocycles. The first-order valence-electron chi connectivity index (χ1n) is 8.62. The molecule has 144 valence electrons. The molecule has 1 saturated heterocycles. The predicted molar refractivity (Wildman–Crippen MR) is 97.1 cm³/mol. The summed E-state index contributed by atoms with van der Waals surface area (Å²) in [6, 6.07) is 9.26. The number of amides is 2. The smallest absolute Gasteiger partial charge is 0.409 e. The molecular weight excluding hydrogens is 358 g/mol. The lowest BCUT2D eigenvalue weighted by atomic mass is 10.1. The van der Waals surface area contributed by atoms with Gasteiger partial charge in [0.1, 0.15) is 0 Å². The number of benzene rings is 1. The summed E-state index contributed by atoms with van der Waals surface area (Å²) in [5, 5.41) is 2.64. The van der Waals surface area contributed by atoms with Crippen LogP contribution in [-0.2, 0) is 26.0 Å². The van der Waals surface area contributed by atoms with Crippen molar-refractivity contribution in [2.75, 3.05) is 45.1 Å². The van der Waals surface area contributed by atoms with Crippen molar-refractivity contribution < 1.29 is 22.7 Å². The molecule has 1 aliphatic rings. The Morgan fingerprint density at radius 2 is 1.77 bits per heavy atom. The molecule has 0 aliphatic carbocycles. The van der Waals surface area contributed by atoms with E-state index in [2.05, 4.69) is 5.32 Å². The van der Waals surface area contributed by atoms with Gasteiger partial charge in [0, 0.05) is 32.7 Å². The van der Waals surface area contributed by atoms with Crippen LogP contribution in [0, 0.1) is 0 Å². The molecule has 1 fully saturated rings. The van der Waals surface area contributed by atoms with Gasteiger partial charge in [-0.15, -0.1) is 0 Å². The fourth-order valence-electron chi connectivity index (χ4n) is 2.66. The van der Waals surface area contributed by atoms with Gasteiger partial charge in [-0.2, -0.15) is 4.31 Å². The van der Waals surface area contributed by atoms with Gasteiger partial charge in [-0.25, -0.2) is 13.2 Å². The van der Waals surface area contributed by atoms with Crippen molar-refractivity contribution in [1.29, 1.82) is 0 Å². The van der Waals surface area contributed by atoms with Crippen LogP contribution >= 0.6 is 0 Å². The normalized spacial score (nSPS) is 15.5. The Hall–Kier alpha value is -2.13. The number of hydrogen-bond acceptors (Lipinski definition) is 5. The van der Waals surface area contributed by atoms with E-state index >= 15 is 0 Å². The van der Waals surface area contributed by atoms with Crippen molar-refractivity contribution in [3.8, 4) is 0 Å². The highest BCUT2D eigenvalue weighted by molar-refractivity contribution is 7.89. The summed E-state index contributed by atoms with van der Waals surface area (Å²) in [7, 11) is -3.47. The summed E-state index contributed by atoms with van der Waals surface area (Å²) in [6.07, 6.45) is -0.197. The SMILES string of the molecule is CCOC(=O)N1CCN(S(=O)(=O)CCNC(=O)Cc2ccccc2)CC1. The molecule has 2 rings (SSSR count). The largest absolute Gasteiger partial charge is 0.450 e. The Balaban J connectivity index is 1.73. The molecule has 9 heteroatoms. The maximum Gasteiger partial charge on any atom is 0.409 e. The standard InChI is InChI=1S/C17H25N3O5S/c1-2-25-17(22)19-9-11-20(12-10-19)26(23,24)13-8-18-16(21)14-15-6-4-3-5-7-15/h3-7H,2,8-14H2,1H3,(H,18,21).